The first kappa shape index (κ1) is 13.4. The Morgan fingerprint density at radius 3 is 2.53 bits per heavy atom. The van der Waals surface area contributed by atoms with Crippen LogP contribution in [0.3, 0.4) is 0 Å². The predicted molar refractivity (Wildman–Crippen MR) is 57.4 cm³/mol. The molecular formula is C10H11BF3O3-. The van der Waals surface area contributed by atoms with Crippen molar-refractivity contribution in [2.75, 3.05) is 13.7 Å². The summed E-state index contributed by atoms with van der Waals surface area (Å²) in [6.07, 6.45) is 0. The first-order valence-corrected chi connectivity index (χ1v) is 4.84. The third kappa shape index (κ3) is 3.69. The van der Waals surface area contributed by atoms with Gasteiger partial charge in [0.2, 0.25) is 0 Å². The van der Waals surface area contributed by atoms with Gasteiger partial charge < -0.3 is 22.4 Å². The Kier molecular flexibility index (Phi) is 4.04. The van der Waals surface area contributed by atoms with Crippen LogP contribution in [0, 0.1) is 6.92 Å². The molecule has 0 fully saturated rings. The maximum Gasteiger partial charge on any atom is 0.509 e. The number of ether oxygens (including phenoxy) is 2. The molecule has 0 bridgehead atoms. The number of aryl methyl sites for hydroxylation is 1. The van der Waals surface area contributed by atoms with E-state index in [4.69, 9.17) is 4.74 Å². The Labute approximate surface area is 96.6 Å². The van der Waals surface area contributed by atoms with Crippen LogP contribution in [-0.4, -0.2) is 26.7 Å². The van der Waals surface area contributed by atoms with Gasteiger partial charge in [-0.05, 0) is 18.6 Å². The van der Waals surface area contributed by atoms with E-state index in [1.54, 1.807) is 6.92 Å². The van der Waals surface area contributed by atoms with Gasteiger partial charge in [0.05, 0.1) is 7.11 Å². The molecule has 0 aliphatic rings. The van der Waals surface area contributed by atoms with E-state index < -0.39 is 25.0 Å². The molecule has 94 valence electrons. The van der Waals surface area contributed by atoms with Crippen LogP contribution in [0.5, 0.6) is 5.75 Å². The van der Waals surface area contributed by atoms with Crippen LogP contribution >= 0.6 is 0 Å². The Morgan fingerprint density at radius 1 is 1.35 bits per heavy atom. The van der Waals surface area contributed by atoms with Gasteiger partial charge in [-0.3, -0.25) is 0 Å². The SMILES string of the molecule is COC(=O)COc1cc([B-](F)(F)F)ccc1C. The van der Waals surface area contributed by atoms with E-state index in [1.807, 2.05) is 0 Å². The van der Waals surface area contributed by atoms with E-state index in [1.165, 1.54) is 13.2 Å². The van der Waals surface area contributed by atoms with Gasteiger partial charge in [0, 0.05) is 0 Å². The highest BCUT2D eigenvalue weighted by atomic mass is 19.4. The monoisotopic (exact) mass is 247 g/mol. The zero-order valence-corrected chi connectivity index (χ0v) is 9.38. The van der Waals surface area contributed by atoms with Crippen LogP contribution in [0.4, 0.5) is 12.9 Å². The molecule has 3 nitrogen and oxygen atoms in total. The predicted octanol–water partition coefficient (Wildman–Crippen LogP) is 1.60. The second kappa shape index (κ2) is 5.12. The molecule has 0 aliphatic heterocycles. The molecule has 1 rings (SSSR count). The minimum absolute atomic E-state index is 0.0344. The summed E-state index contributed by atoms with van der Waals surface area (Å²) in [5, 5.41) is 0. The van der Waals surface area contributed by atoms with E-state index in [0.29, 0.717) is 5.56 Å². The minimum Gasteiger partial charge on any atom is -0.482 e. The van der Waals surface area contributed by atoms with Gasteiger partial charge in [-0.15, -0.1) is 5.46 Å². The summed E-state index contributed by atoms with van der Waals surface area (Å²) in [6, 6.07) is 3.18. The highest BCUT2D eigenvalue weighted by Gasteiger charge is 2.26. The highest BCUT2D eigenvalue weighted by molar-refractivity contribution is 6.73. The van der Waals surface area contributed by atoms with Crippen LogP contribution in [0.2, 0.25) is 0 Å². The number of rotatable bonds is 4. The van der Waals surface area contributed by atoms with Crippen molar-refractivity contribution >= 4 is 18.4 Å². The molecule has 0 saturated carbocycles. The van der Waals surface area contributed by atoms with E-state index in [2.05, 4.69) is 4.74 Å². The van der Waals surface area contributed by atoms with E-state index >= 15 is 0 Å². The number of esters is 1. The second-order valence-electron chi connectivity index (χ2n) is 3.46. The van der Waals surface area contributed by atoms with E-state index in [9.17, 15) is 17.7 Å². The first-order valence-electron chi connectivity index (χ1n) is 4.84. The number of carbonyl (C=O) groups is 1. The average molecular weight is 247 g/mol. The molecule has 1 aromatic rings. The average Bonchev–Trinajstić information content (AvgIpc) is 2.26. The third-order valence-electron chi connectivity index (χ3n) is 2.16. The summed E-state index contributed by atoms with van der Waals surface area (Å²) in [5.41, 5.74) is -0.229. The molecule has 0 aromatic heterocycles. The normalized spacial score (nSPS) is 11.1. The van der Waals surface area contributed by atoms with Crippen molar-refractivity contribution in [1.82, 2.24) is 0 Å². The lowest BCUT2D eigenvalue weighted by Crippen LogP contribution is -2.34. The molecule has 0 aliphatic carbocycles. The topological polar surface area (TPSA) is 35.5 Å². The molecule has 7 heteroatoms. The Hall–Kier alpha value is -1.66. The fraction of sp³-hybridized carbons (Fsp3) is 0.300. The maximum absolute atomic E-state index is 12.5. The number of hydrogen-bond acceptors (Lipinski definition) is 3. The fourth-order valence-corrected chi connectivity index (χ4v) is 1.17. The zero-order valence-electron chi connectivity index (χ0n) is 9.38. The van der Waals surface area contributed by atoms with E-state index in [0.717, 1.165) is 12.1 Å². The van der Waals surface area contributed by atoms with Crippen LogP contribution in [0.25, 0.3) is 0 Å². The van der Waals surface area contributed by atoms with Crippen molar-refractivity contribution in [3.05, 3.63) is 23.8 Å². The van der Waals surface area contributed by atoms with Gasteiger partial charge >= 0.3 is 12.9 Å². The molecule has 0 heterocycles. The van der Waals surface area contributed by atoms with Crippen molar-refractivity contribution in [2.24, 2.45) is 0 Å². The van der Waals surface area contributed by atoms with E-state index in [-0.39, 0.29) is 5.75 Å². The molecule has 0 saturated heterocycles. The molecule has 0 spiro atoms. The van der Waals surface area contributed by atoms with Crippen molar-refractivity contribution in [3.8, 4) is 5.75 Å². The number of halogens is 3. The lowest BCUT2D eigenvalue weighted by atomic mass is 9.80. The number of methoxy groups -OCH3 is 1. The summed E-state index contributed by atoms with van der Waals surface area (Å²) < 4.78 is 46.7. The molecule has 0 N–H and O–H groups in total. The molecule has 0 unspecified atom stereocenters. The van der Waals surface area contributed by atoms with Gasteiger partial charge in [0.1, 0.15) is 5.75 Å². The Morgan fingerprint density at radius 2 is 2.00 bits per heavy atom. The largest absolute Gasteiger partial charge is 0.509 e. The highest BCUT2D eigenvalue weighted by Crippen LogP contribution is 2.19. The lowest BCUT2D eigenvalue weighted by Gasteiger charge is -2.17. The van der Waals surface area contributed by atoms with Crippen molar-refractivity contribution in [1.29, 1.82) is 0 Å². The molecule has 0 radical (unpaired) electrons. The second-order valence-corrected chi connectivity index (χ2v) is 3.46. The first-order chi connectivity index (χ1) is 7.84. The summed E-state index contributed by atoms with van der Waals surface area (Å²) in [4.78, 5) is 10.8. The van der Waals surface area contributed by atoms with Gasteiger partial charge in [-0.25, -0.2) is 4.79 Å². The molecule has 0 atom stereocenters. The van der Waals surface area contributed by atoms with Crippen molar-refractivity contribution in [3.63, 3.8) is 0 Å². The van der Waals surface area contributed by atoms with Gasteiger partial charge in [-0.1, -0.05) is 12.1 Å². The molecule has 1 aromatic carbocycles. The number of carbonyl (C=O) groups excluding carboxylic acids is 1. The Bertz CT molecular complexity index is 418. The standard InChI is InChI=1S/C10H11BF3O3/c1-7-3-4-8(11(12,13)14)5-9(7)17-6-10(15)16-2/h3-5H,6H2,1-2H3/q-1. The zero-order chi connectivity index (χ0) is 13.1. The van der Waals surface area contributed by atoms with Crippen molar-refractivity contribution in [2.45, 2.75) is 6.92 Å². The van der Waals surface area contributed by atoms with Crippen LogP contribution in [0.1, 0.15) is 5.56 Å². The maximum atomic E-state index is 12.5. The van der Waals surface area contributed by atoms with Crippen molar-refractivity contribution < 1.29 is 27.2 Å². The molecular weight excluding hydrogens is 236 g/mol. The van der Waals surface area contributed by atoms with Crippen LogP contribution in [-0.2, 0) is 9.53 Å². The third-order valence-corrected chi connectivity index (χ3v) is 2.16. The summed E-state index contributed by atoms with van der Waals surface area (Å²) in [6.45, 7) is -3.88. The number of benzene rings is 1. The fourth-order valence-electron chi connectivity index (χ4n) is 1.17. The van der Waals surface area contributed by atoms with Gasteiger partial charge in [0.15, 0.2) is 6.61 Å². The minimum atomic E-state index is -5.07. The quantitative estimate of drug-likeness (QED) is 0.598. The molecule has 17 heavy (non-hydrogen) atoms. The summed E-state index contributed by atoms with van der Waals surface area (Å²) in [5.74, 6) is -0.612. The summed E-state index contributed by atoms with van der Waals surface area (Å²) in [7, 11) is 1.17. The van der Waals surface area contributed by atoms with Gasteiger partial charge in [0.25, 0.3) is 0 Å². The number of hydrogen-bond donors (Lipinski definition) is 0. The lowest BCUT2D eigenvalue weighted by molar-refractivity contribution is -0.142. The van der Waals surface area contributed by atoms with Crippen LogP contribution in [0.15, 0.2) is 18.2 Å². The molecule has 0 amide bonds. The Balaban J connectivity index is 2.88. The van der Waals surface area contributed by atoms with Gasteiger partial charge in [-0.2, -0.15) is 0 Å². The summed E-state index contributed by atoms with van der Waals surface area (Å²) >= 11 is 0. The van der Waals surface area contributed by atoms with Crippen LogP contribution < -0.4 is 10.2 Å². The smallest absolute Gasteiger partial charge is 0.482 e.